The van der Waals surface area contributed by atoms with Crippen LogP contribution in [0.3, 0.4) is 0 Å². The first-order valence-corrected chi connectivity index (χ1v) is 16.8. The van der Waals surface area contributed by atoms with Gasteiger partial charge in [-0.15, -0.1) is 0 Å². The first kappa shape index (κ1) is 26.8. The number of benzene rings is 1. The number of hydrogen-bond donors (Lipinski definition) is 0. The van der Waals surface area contributed by atoms with Crippen molar-refractivity contribution in [2.24, 2.45) is 0 Å². The average Bonchev–Trinajstić information content (AvgIpc) is 3.58. The van der Waals surface area contributed by atoms with Gasteiger partial charge in [-0.2, -0.15) is 0 Å². The van der Waals surface area contributed by atoms with Gasteiger partial charge >= 0.3 is 192 Å². The van der Waals surface area contributed by atoms with Crippen LogP contribution in [0.2, 0.25) is 0 Å². The van der Waals surface area contributed by atoms with Gasteiger partial charge in [0.15, 0.2) is 0 Å². The summed E-state index contributed by atoms with van der Waals surface area (Å²) >= 11 is 0. The van der Waals surface area contributed by atoms with E-state index in [-0.39, 0.29) is 0 Å². The van der Waals surface area contributed by atoms with E-state index in [4.69, 9.17) is 8.71 Å². The van der Waals surface area contributed by atoms with E-state index in [0.717, 1.165) is 94.6 Å². The van der Waals surface area contributed by atoms with E-state index in [2.05, 4.69) is 27.7 Å². The third-order valence-electron chi connectivity index (χ3n) is 6.70. The molecule has 1 saturated heterocycles. The van der Waals surface area contributed by atoms with E-state index in [9.17, 15) is 8.42 Å². The molecule has 0 radical (unpaired) electrons. The Morgan fingerprint density at radius 3 is 1.61 bits per heavy atom. The molecule has 0 aromatic heterocycles. The summed E-state index contributed by atoms with van der Waals surface area (Å²) in [4.78, 5) is 0.308. The molecule has 1 fully saturated rings. The molecule has 1 aromatic carbocycles. The number of rotatable bonds is 17. The second-order valence-electron chi connectivity index (χ2n) is 9.50. The topological polar surface area (TPSA) is 55.9 Å². The molecule has 4 nitrogen and oxygen atoms in total. The van der Waals surface area contributed by atoms with Gasteiger partial charge in [0.25, 0.3) is 0 Å². The van der Waals surface area contributed by atoms with E-state index in [1.807, 2.05) is 12.1 Å². The fourth-order valence-electron chi connectivity index (χ4n) is 4.61. The van der Waals surface area contributed by atoms with Crippen LogP contribution in [-0.4, -0.2) is 45.8 Å². The summed E-state index contributed by atoms with van der Waals surface area (Å²) in [6.45, 7) is 6.70. The zero-order valence-electron chi connectivity index (χ0n) is 20.3. The molecule has 0 N–H and O–H groups in total. The summed E-state index contributed by atoms with van der Waals surface area (Å²) in [5, 5.41) is 0. The number of unbranched alkanes of at least 4 members (excludes halogenated alkanes) is 4. The Morgan fingerprint density at radius 1 is 0.839 bits per heavy atom. The van der Waals surface area contributed by atoms with E-state index in [1.165, 1.54) is 0 Å². The fraction of sp³-hybridized carbons (Fsp3) is 0.760. The molecule has 1 unspecified atom stereocenters. The predicted molar refractivity (Wildman–Crippen MR) is 134 cm³/mol. The molecular weight excluding hydrogens is 427 g/mol. The molecule has 0 aliphatic carbocycles. The van der Waals surface area contributed by atoms with Crippen LogP contribution in [0.25, 0.3) is 0 Å². The summed E-state index contributed by atoms with van der Waals surface area (Å²) in [6.07, 6.45) is 13.4. The van der Waals surface area contributed by atoms with Crippen molar-refractivity contribution in [1.29, 1.82) is 0 Å². The van der Waals surface area contributed by atoms with Crippen LogP contribution >= 0.6 is 6.83 Å². The van der Waals surface area contributed by atoms with Crippen LogP contribution in [0.15, 0.2) is 29.2 Å². The number of epoxide rings is 1. The molecule has 1 aromatic rings. The Hall–Kier alpha value is -0.480. The van der Waals surface area contributed by atoms with Gasteiger partial charge in [-0.25, -0.2) is 0 Å². The van der Waals surface area contributed by atoms with Crippen molar-refractivity contribution >= 4 is 16.9 Å². The molecule has 31 heavy (non-hydrogen) atoms. The van der Waals surface area contributed by atoms with Gasteiger partial charge in [0.1, 0.15) is 0 Å². The van der Waals surface area contributed by atoms with Gasteiger partial charge in [-0.1, -0.05) is 0 Å². The Morgan fingerprint density at radius 2 is 1.26 bits per heavy atom. The monoisotopic (exact) mass is 472 g/mol. The van der Waals surface area contributed by atoms with Gasteiger partial charge in [0.05, 0.1) is 0 Å². The first-order chi connectivity index (χ1) is 14.8. The van der Waals surface area contributed by atoms with Crippen LogP contribution in [0.5, 0.6) is 0 Å². The predicted octanol–water partition coefficient (Wildman–Crippen LogP) is 7.00. The third kappa shape index (κ3) is 7.81. The molecule has 2 rings (SSSR count). The molecule has 0 amide bonds. The van der Waals surface area contributed by atoms with Crippen LogP contribution in [0.4, 0.5) is 0 Å². The Bertz CT molecular complexity index is 713. The summed E-state index contributed by atoms with van der Waals surface area (Å²) < 4.78 is 39.2. The molecule has 1 atom stereocenters. The summed E-state index contributed by atoms with van der Waals surface area (Å²) in [5.74, 6) is 0. The summed E-state index contributed by atoms with van der Waals surface area (Å²) in [7, 11) is -3.80. The molecule has 180 valence electrons. The molecule has 1 aliphatic rings. The first-order valence-electron chi connectivity index (χ1n) is 12.5. The molecule has 1 aliphatic heterocycles. The Balaban J connectivity index is 2.40. The average molecular weight is 473 g/mol. The van der Waals surface area contributed by atoms with E-state index >= 15 is 0 Å². The molecule has 1 heterocycles. The van der Waals surface area contributed by atoms with Crippen molar-refractivity contribution < 1.29 is 17.1 Å². The zero-order valence-corrected chi connectivity index (χ0v) is 22.0. The second-order valence-corrected chi connectivity index (χ2v) is 17.0. The molecule has 6 heteroatoms. The van der Waals surface area contributed by atoms with Gasteiger partial charge in [0, 0.05) is 0 Å². The van der Waals surface area contributed by atoms with E-state index < -0.39 is 16.9 Å². The van der Waals surface area contributed by atoms with Gasteiger partial charge < -0.3 is 0 Å². The van der Waals surface area contributed by atoms with Crippen LogP contribution < -0.4 is 0 Å². The summed E-state index contributed by atoms with van der Waals surface area (Å²) in [6, 6.07) is 7.31. The van der Waals surface area contributed by atoms with Crippen LogP contribution in [0, 0.1) is 0 Å². The van der Waals surface area contributed by atoms with Crippen molar-refractivity contribution in [2.45, 2.75) is 96.5 Å². The molecule has 0 saturated carbocycles. The van der Waals surface area contributed by atoms with Gasteiger partial charge in [-0.05, 0) is 0 Å². The van der Waals surface area contributed by atoms with Gasteiger partial charge in [0.2, 0.25) is 0 Å². The summed E-state index contributed by atoms with van der Waals surface area (Å²) in [5.41, 5.74) is 1.12. The van der Waals surface area contributed by atoms with Crippen molar-refractivity contribution in [2.75, 3.05) is 31.3 Å². The minimum atomic E-state index is -3.80. The standard InChI is InChI=1S/C25H45O4PS/c1-5-9-17-30(18-10-6-2,19-11-7-3,20-12-8-4)29-31(26,27)25-15-13-23(14-16-25)21-24-22-28-24/h13-16,24H,5-12,17-22H2,1-4H3. The maximum absolute atomic E-state index is 13.6. The quantitative estimate of drug-likeness (QED) is 0.181. The maximum atomic E-state index is 13.6. The van der Waals surface area contributed by atoms with Crippen LogP contribution in [-0.2, 0) is 25.2 Å². The number of hydrogen-bond acceptors (Lipinski definition) is 4. The van der Waals surface area contributed by atoms with Crippen molar-refractivity contribution in [3.63, 3.8) is 0 Å². The van der Waals surface area contributed by atoms with E-state index in [1.54, 1.807) is 12.1 Å². The second kappa shape index (κ2) is 12.1. The normalized spacial score (nSPS) is 17.9. The molecular formula is C25H45O4PS. The van der Waals surface area contributed by atoms with Crippen molar-refractivity contribution in [3.8, 4) is 0 Å². The zero-order chi connectivity index (χ0) is 22.8. The third-order valence-corrected chi connectivity index (χ3v) is 15.8. The number of ether oxygens (including phenoxy) is 1. The minimum absolute atomic E-state index is 0.299. The Kier molecular flexibility index (Phi) is 10.5. The SMILES string of the molecule is CCCCP(CCCC)(CCCC)(CCCC)OS(=O)(=O)c1ccc(CC2CO2)cc1. The molecule has 0 bridgehead atoms. The van der Waals surface area contributed by atoms with Crippen molar-refractivity contribution in [1.82, 2.24) is 0 Å². The van der Waals surface area contributed by atoms with Crippen molar-refractivity contribution in [3.05, 3.63) is 29.8 Å². The van der Waals surface area contributed by atoms with E-state index in [0.29, 0.717) is 11.0 Å². The molecule has 0 spiro atoms. The van der Waals surface area contributed by atoms with Gasteiger partial charge in [-0.3, -0.25) is 0 Å². The van der Waals surface area contributed by atoms with Crippen LogP contribution in [0.1, 0.15) is 84.6 Å². The Labute approximate surface area is 191 Å². The fourth-order valence-corrected chi connectivity index (χ4v) is 14.6.